The molecule has 1 amide bonds. The summed E-state index contributed by atoms with van der Waals surface area (Å²) in [5.41, 5.74) is 1.87. The number of amides is 1. The lowest BCUT2D eigenvalue weighted by Gasteiger charge is -2.49. The standard InChI is InChI=1S/C25H22F3N9O/c26-25(27,28)21(15-1-2-15)35-23(38)19-10-33-20(11-32-19)36-13-24(14-36,5-6-29)37-12-16(9-34-37)17-3-7-30-22-18(17)4-8-31-22/h3-4,7-12,15,21H,1-2,5,13-14H2,(H,30,31)(H,35,38). The number of fused-ring (bicyclic) bond motifs is 1. The second-order valence-electron chi connectivity index (χ2n) is 9.78. The lowest BCUT2D eigenvalue weighted by molar-refractivity contribution is -0.158. The number of carbonyl (C=O) groups is 1. The van der Waals surface area contributed by atoms with Crippen molar-refractivity contribution in [3.8, 4) is 17.2 Å². The van der Waals surface area contributed by atoms with Crippen LogP contribution in [-0.4, -0.2) is 60.9 Å². The predicted molar refractivity (Wildman–Crippen MR) is 130 cm³/mol. The molecule has 6 rings (SSSR count). The summed E-state index contributed by atoms with van der Waals surface area (Å²) in [6.45, 7) is 0.852. The van der Waals surface area contributed by atoms with Crippen molar-refractivity contribution in [1.82, 2.24) is 35.0 Å². The minimum absolute atomic E-state index is 0.183. The van der Waals surface area contributed by atoms with Gasteiger partial charge in [0.25, 0.3) is 5.91 Å². The molecule has 0 radical (unpaired) electrons. The van der Waals surface area contributed by atoms with Gasteiger partial charge in [0.2, 0.25) is 0 Å². The van der Waals surface area contributed by atoms with E-state index in [-0.39, 0.29) is 12.1 Å². The van der Waals surface area contributed by atoms with Crippen LogP contribution in [0.4, 0.5) is 19.0 Å². The first kappa shape index (κ1) is 23.9. The zero-order valence-corrected chi connectivity index (χ0v) is 20.0. The Hall–Kier alpha value is -4.47. The van der Waals surface area contributed by atoms with Gasteiger partial charge in [-0.25, -0.2) is 15.0 Å². The summed E-state index contributed by atoms with van der Waals surface area (Å²) in [6, 6.07) is 4.22. The molecule has 1 aliphatic heterocycles. The molecule has 4 aromatic rings. The van der Waals surface area contributed by atoms with Gasteiger partial charge >= 0.3 is 6.18 Å². The number of hydrogen-bond acceptors (Lipinski definition) is 7. The average Bonchev–Trinajstić information content (AvgIpc) is 3.37. The van der Waals surface area contributed by atoms with Crippen LogP contribution in [-0.2, 0) is 5.54 Å². The molecule has 1 unspecified atom stereocenters. The van der Waals surface area contributed by atoms with Gasteiger partial charge in [0.05, 0.1) is 31.1 Å². The SMILES string of the molecule is N#CCC1(n2cc(-c3ccnc4[nH]ccc34)cn2)CN(c2cnc(C(=O)NC(C3CC3)C(F)(F)F)cn2)C1. The van der Waals surface area contributed by atoms with Gasteiger partial charge in [0.15, 0.2) is 0 Å². The number of nitrogens with zero attached hydrogens (tertiary/aromatic N) is 7. The van der Waals surface area contributed by atoms with E-state index in [1.807, 2.05) is 29.4 Å². The average molecular weight is 522 g/mol. The number of pyridine rings is 1. The number of anilines is 1. The van der Waals surface area contributed by atoms with Crippen LogP contribution in [0.3, 0.4) is 0 Å². The van der Waals surface area contributed by atoms with Crippen molar-refractivity contribution in [2.75, 3.05) is 18.0 Å². The molecular formula is C25H22F3N9O. The van der Waals surface area contributed by atoms with Crippen molar-refractivity contribution in [2.24, 2.45) is 5.92 Å². The second-order valence-corrected chi connectivity index (χ2v) is 9.78. The molecule has 13 heteroatoms. The van der Waals surface area contributed by atoms with Crippen LogP contribution < -0.4 is 10.2 Å². The summed E-state index contributed by atoms with van der Waals surface area (Å²) in [7, 11) is 0. The maximum atomic E-state index is 13.2. The summed E-state index contributed by atoms with van der Waals surface area (Å²) in [4.78, 5) is 30.0. The van der Waals surface area contributed by atoms with Crippen molar-refractivity contribution in [1.29, 1.82) is 5.26 Å². The minimum atomic E-state index is -4.51. The Labute approximate surface area is 214 Å². The number of rotatable bonds is 7. The molecule has 2 fully saturated rings. The summed E-state index contributed by atoms with van der Waals surface area (Å²) >= 11 is 0. The number of carbonyl (C=O) groups excluding carboxylic acids is 1. The van der Waals surface area contributed by atoms with Crippen LogP contribution in [0.25, 0.3) is 22.2 Å². The van der Waals surface area contributed by atoms with Crippen LogP contribution in [0, 0.1) is 17.2 Å². The van der Waals surface area contributed by atoms with E-state index in [2.05, 4.69) is 36.4 Å². The van der Waals surface area contributed by atoms with E-state index in [9.17, 15) is 23.2 Å². The molecule has 1 saturated carbocycles. The van der Waals surface area contributed by atoms with Crippen LogP contribution in [0.1, 0.15) is 29.8 Å². The fourth-order valence-electron chi connectivity index (χ4n) is 4.96. The fraction of sp³-hybridized carbons (Fsp3) is 0.360. The highest BCUT2D eigenvalue weighted by Crippen LogP contribution is 2.40. The first-order chi connectivity index (χ1) is 18.3. The van der Waals surface area contributed by atoms with Crippen LogP contribution in [0.5, 0.6) is 0 Å². The fourth-order valence-corrected chi connectivity index (χ4v) is 4.96. The molecule has 1 aliphatic carbocycles. The van der Waals surface area contributed by atoms with E-state index in [4.69, 9.17) is 0 Å². The highest BCUT2D eigenvalue weighted by molar-refractivity contribution is 5.93. The maximum Gasteiger partial charge on any atom is 0.408 e. The van der Waals surface area contributed by atoms with Crippen molar-refractivity contribution in [3.05, 3.63) is 55.0 Å². The molecular weight excluding hydrogens is 499 g/mol. The van der Waals surface area contributed by atoms with E-state index in [1.54, 1.807) is 17.1 Å². The third kappa shape index (κ3) is 4.21. The molecule has 10 nitrogen and oxygen atoms in total. The Kier molecular flexibility index (Phi) is 5.55. The summed E-state index contributed by atoms with van der Waals surface area (Å²) in [5.74, 6) is -1.03. The minimum Gasteiger partial charge on any atom is -0.350 e. The van der Waals surface area contributed by atoms with Gasteiger partial charge in [-0.15, -0.1) is 0 Å². The van der Waals surface area contributed by atoms with E-state index < -0.39 is 29.6 Å². The number of halogens is 3. The number of H-pyrrole nitrogens is 1. The lowest BCUT2D eigenvalue weighted by Crippen LogP contribution is -2.63. The van der Waals surface area contributed by atoms with Crippen molar-refractivity contribution in [3.63, 3.8) is 0 Å². The number of aromatic nitrogens is 6. The van der Waals surface area contributed by atoms with Crippen molar-refractivity contribution >= 4 is 22.8 Å². The zero-order valence-electron chi connectivity index (χ0n) is 20.0. The highest BCUT2D eigenvalue weighted by atomic mass is 19.4. The third-order valence-corrected chi connectivity index (χ3v) is 7.15. The smallest absolute Gasteiger partial charge is 0.350 e. The van der Waals surface area contributed by atoms with Gasteiger partial charge in [-0.05, 0) is 36.5 Å². The molecule has 0 bridgehead atoms. The van der Waals surface area contributed by atoms with Gasteiger partial charge in [-0.1, -0.05) is 0 Å². The van der Waals surface area contributed by atoms with Crippen LogP contribution in [0.2, 0.25) is 0 Å². The van der Waals surface area contributed by atoms with Gasteiger partial charge in [-0.2, -0.15) is 23.5 Å². The maximum absolute atomic E-state index is 13.2. The summed E-state index contributed by atoms with van der Waals surface area (Å²) in [5, 5.41) is 17.1. The Morgan fingerprint density at radius 2 is 2.03 bits per heavy atom. The van der Waals surface area contributed by atoms with Gasteiger partial charge in [0, 0.05) is 42.6 Å². The van der Waals surface area contributed by atoms with Crippen molar-refractivity contribution in [2.45, 2.75) is 37.0 Å². The second kappa shape index (κ2) is 8.83. The Morgan fingerprint density at radius 1 is 1.21 bits per heavy atom. The molecule has 38 heavy (non-hydrogen) atoms. The lowest BCUT2D eigenvalue weighted by atomic mass is 9.87. The van der Waals surface area contributed by atoms with E-state index >= 15 is 0 Å². The normalized spacial score (nSPS) is 17.6. The van der Waals surface area contributed by atoms with Crippen LogP contribution >= 0.6 is 0 Å². The molecule has 2 N–H and O–H groups in total. The molecule has 1 atom stereocenters. The third-order valence-electron chi connectivity index (χ3n) is 7.15. The topological polar surface area (TPSA) is 128 Å². The molecule has 0 aromatic carbocycles. The Bertz CT molecular complexity index is 1530. The molecule has 1 saturated heterocycles. The summed E-state index contributed by atoms with van der Waals surface area (Å²) < 4.78 is 41.5. The molecule has 2 aliphatic rings. The first-order valence-corrected chi connectivity index (χ1v) is 12.1. The number of aromatic amines is 1. The van der Waals surface area contributed by atoms with Gasteiger partial charge in [-0.3, -0.25) is 9.48 Å². The van der Waals surface area contributed by atoms with Gasteiger partial charge < -0.3 is 15.2 Å². The monoisotopic (exact) mass is 521 g/mol. The van der Waals surface area contributed by atoms with Crippen LogP contribution in [0.15, 0.2) is 49.3 Å². The van der Waals surface area contributed by atoms with E-state index in [1.165, 1.54) is 12.4 Å². The summed E-state index contributed by atoms with van der Waals surface area (Å²) in [6.07, 6.45) is 6.32. The predicted octanol–water partition coefficient (Wildman–Crippen LogP) is 3.42. The first-order valence-electron chi connectivity index (χ1n) is 12.1. The van der Waals surface area contributed by atoms with Crippen molar-refractivity contribution < 1.29 is 18.0 Å². The van der Waals surface area contributed by atoms with Gasteiger partial charge in [0.1, 0.15) is 28.7 Å². The Morgan fingerprint density at radius 3 is 2.71 bits per heavy atom. The Balaban J connectivity index is 1.16. The molecule has 4 aromatic heterocycles. The number of nitrogens with one attached hydrogen (secondary N) is 2. The number of alkyl halides is 3. The number of nitriles is 1. The molecule has 5 heterocycles. The quantitative estimate of drug-likeness (QED) is 0.381. The van der Waals surface area contributed by atoms with E-state index in [0.29, 0.717) is 31.7 Å². The van der Waals surface area contributed by atoms with E-state index in [0.717, 1.165) is 22.2 Å². The molecule has 194 valence electrons. The largest absolute Gasteiger partial charge is 0.408 e. The number of hydrogen-bond donors (Lipinski definition) is 2. The highest BCUT2D eigenvalue weighted by Gasteiger charge is 2.50. The molecule has 0 spiro atoms. The zero-order chi connectivity index (χ0) is 26.5.